The number of para-hydroxylation sites is 1. The van der Waals surface area contributed by atoms with Crippen molar-refractivity contribution < 1.29 is 5.11 Å². The van der Waals surface area contributed by atoms with Gasteiger partial charge in [-0.05, 0) is 18.6 Å². The first kappa shape index (κ1) is 9.09. The van der Waals surface area contributed by atoms with Gasteiger partial charge in [-0.3, -0.25) is 0 Å². The minimum absolute atomic E-state index is 0.123. The molecule has 0 aliphatic rings. The zero-order valence-electron chi connectivity index (χ0n) is 8.12. The van der Waals surface area contributed by atoms with Crippen LogP contribution in [0.4, 0.5) is 0 Å². The Labute approximate surface area is 82.6 Å². The molecule has 0 aliphatic carbocycles. The monoisotopic (exact) mass is 190 g/mol. The summed E-state index contributed by atoms with van der Waals surface area (Å²) in [5, 5.41) is 10.7. The van der Waals surface area contributed by atoms with E-state index in [0.717, 1.165) is 23.0 Å². The summed E-state index contributed by atoms with van der Waals surface area (Å²) >= 11 is 0. The van der Waals surface area contributed by atoms with Gasteiger partial charge in [0.15, 0.2) is 0 Å². The van der Waals surface area contributed by atoms with E-state index in [9.17, 15) is 5.11 Å². The van der Waals surface area contributed by atoms with Crippen LogP contribution in [-0.2, 0) is 0 Å². The van der Waals surface area contributed by atoms with E-state index in [1.807, 2.05) is 31.2 Å². The molecule has 0 amide bonds. The lowest BCUT2D eigenvalue weighted by Gasteiger charge is -2.05. The highest BCUT2D eigenvalue weighted by Crippen LogP contribution is 2.32. The SMILES string of the molecule is CCC(N)c1[nH]c2ccccc2c1O. The van der Waals surface area contributed by atoms with Crippen molar-refractivity contribution >= 4 is 10.9 Å². The third-order valence-electron chi connectivity index (χ3n) is 2.52. The van der Waals surface area contributed by atoms with Crippen LogP contribution in [0.5, 0.6) is 5.75 Å². The molecule has 0 aliphatic heterocycles. The van der Waals surface area contributed by atoms with Crippen molar-refractivity contribution in [3.63, 3.8) is 0 Å². The van der Waals surface area contributed by atoms with Crippen LogP contribution in [0.1, 0.15) is 25.1 Å². The van der Waals surface area contributed by atoms with Gasteiger partial charge in [0, 0.05) is 16.9 Å². The van der Waals surface area contributed by atoms with Crippen molar-refractivity contribution in [2.75, 3.05) is 0 Å². The lowest BCUT2D eigenvalue weighted by atomic mass is 10.1. The molecule has 3 heteroatoms. The second-order valence-corrected chi connectivity index (χ2v) is 3.45. The molecule has 1 atom stereocenters. The Balaban J connectivity index is 2.62. The molecule has 74 valence electrons. The van der Waals surface area contributed by atoms with E-state index in [1.54, 1.807) is 0 Å². The second kappa shape index (κ2) is 3.35. The highest BCUT2D eigenvalue weighted by atomic mass is 16.3. The van der Waals surface area contributed by atoms with Gasteiger partial charge >= 0.3 is 0 Å². The van der Waals surface area contributed by atoms with E-state index in [0.29, 0.717) is 0 Å². The standard InChI is InChI=1S/C11H14N2O/c1-2-8(12)10-11(14)7-5-3-4-6-9(7)13-10/h3-6,8,13-14H,2,12H2,1H3. The van der Waals surface area contributed by atoms with Crippen LogP contribution in [0.3, 0.4) is 0 Å². The molecule has 14 heavy (non-hydrogen) atoms. The normalized spacial score (nSPS) is 13.3. The maximum absolute atomic E-state index is 9.88. The number of aromatic amines is 1. The van der Waals surface area contributed by atoms with Crippen LogP contribution >= 0.6 is 0 Å². The number of aromatic nitrogens is 1. The number of nitrogens with two attached hydrogens (primary N) is 1. The van der Waals surface area contributed by atoms with Crippen molar-refractivity contribution in [2.45, 2.75) is 19.4 Å². The van der Waals surface area contributed by atoms with Crippen molar-refractivity contribution in [1.82, 2.24) is 4.98 Å². The molecule has 2 aromatic rings. The highest BCUT2D eigenvalue weighted by molar-refractivity contribution is 5.87. The Morgan fingerprint density at radius 1 is 1.43 bits per heavy atom. The van der Waals surface area contributed by atoms with Crippen LogP contribution in [0.2, 0.25) is 0 Å². The number of benzene rings is 1. The van der Waals surface area contributed by atoms with Crippen molar-refractivity contribution in [3.8, 4) is 5.75 Å². The molecule has 0 fully saturated rings. The van der Waals surface area contributed by atoms with E-state index >= 15 is 0 Å². The minimum atomic E-state index is -0.123. The maximum atomic E-state index is 9.88. The molecule has 4 N–H and O–H groups in total. The van der Waals surface area contributed by atoms with E-state index < -0.39 is 0 Å². The predicted molar refractivity (Wildman–Crippen MR) is 57.2 cm³/mol. The van der Waals surface area contributed by atoms with Gasteiger partial charge < -0.3 is 15.8 Å². The fraction of sp³-hybridized carbons (Fsp3) is 0.273. The Hall–Kier alpha value is -1.48. The lowest BCUT2D eigenvalue weighted by molar-refractivity contribution is 0.465. The summed E-state index contributed by atoms with van der Waals surface area (Å²) in [7, 11) is 0. The van der Waals surface area contributed by atoms with Gasteiger partial charge in [0.2, 0.25) is 0 Å². The molecule has 2 rings (SSSR count). The lowest BCUT2D eigenvalue weighted by Crippen LogP contribution is -2.08. The van der Waals surface area contributed by atoms with Crippen LogP contribution in [0.25, 0.3) is 10.9 Å². The Bertz CT molecular complexity index is 447. The first-order valence-corrected chi connectivity index (χ1v) is 4.79. The predicted octanol–water partition coefficient (Wildman–Crippen LogP) is 2.28. The summed E-state index contributed by atoms with van der Waals surface area (Å²) < 4.78 is 0. The van der Waals surface area contributed by atoms with Crippen molar-refractivity contribution in [1.29, 1.82) is 0 Å². The molecular weight excluding hydrogens is 176 g/mol. The fourth-order valence-corrected chi connectivity index (χ4v) is 1.62. The fourth-order valence-electron chi connectivity index (χ4n) is 1.62. The van der Waals surface area contributed by atoms with Gasteiger partial charge in [0.1, 0.15) is 5.75 Å². The first-order chi connectivity index (χ1) is 6.74. The van der Waals surface area contributed by atoms with Crippen LogP contribution in [0.15, 0.2) is 24.3 Å². The average Bonchev–Trinajstić information content (AvgIpc) is 2.56. The Morgan fingerprint density at radius 3 is 2.79 bits per heavy atom. The molecule has 0 saturated heterocycles. The highest BCUT2D eigenvalue weighted by Gasteiger charge is 2.14. The number of hydrogen-bond acceptors (Lipinski definition) is 2. The third-order valence-corrected chi connectivity index (χ3v) is 2.52. The van der Waals surface area contributed by atoms with Gasteiger partial charge in [-0.2, -0.15) is 0 Å². The molecule has 0 spiro atoms. The molecule has 0 bridgehead atoms. The molecule has 1 unspecified atom stereocenters. The quantitative estimate of drug-likeness (QED) is 0.680. The smallest absolute Gasteiger partial charge is 0.145 e. The van der Waals surface area contributed by atoms with E-state index in [-0.39, 0.29) is 11.8 Å². The van der Waals surface area contributed by atoms with Crippen molar-refractivity contribution in [3.05, 3.63) is 30.0 Å². The van der Waals surface area contributed by atoms with Crippen LogP contribution < -0.4 is 5.73 Å². The van der Waals surface area contributed by atoms with Crippen LogP contribution in [0, 0.1) is 0 Å². The molecule has 1 aromatic carbocycles. The number of H-pyrrole nitrogens is 1. The van der Waals surface area contributed by atoms with Crippen molar-refractivity contribution in [2.24, 2.45) is 5.73 Å². The van der Waals surface area contributed by atoms with Gasteiger partial charge in [0.25, 0.3) is 0 Å². The summed E-state index contributed by atoms with van der Waals surface area (Å²) in [6.07, 6.45) is 0.806. The average molecular weight is 190 g/mol. The molecule has 0 saturated carbocycles. The summed E-state index contributed by atoms with van der Waals surface area (Å²) in [6, 6.07) is 7.52. The maximum Gasteiger partial charge on any atom is 0.145 e. The molecule has 0 radical (unpaired) electrons. The molecule has 3 nitrogen and oxygen atoms in total. The first-order valence-electron chi connectivity index (χ1n) is 4.79. The zero-order chi connectivity index (χ0) is 10.1. The number of aromatic hydroxyl groups is 1. The van der Waals surface area contributed by atoms with E-state index in [2.05, 4.69) is 4.98 Å². The van der Waals surface area contributed by atoms with E-state index in [1.165, 1.54) is 0 Å². The van der Waals surface area contributed by atoms with Gasteiger partial charge in [-0.15, -0.1) is 0 Å². The van der Waals surface area contributed by atoms with Gasteiger partial charge in [0.05, 0.1) is 5.69 Å². The zero-order valence-corrected chi connectivity index (χ0v) is 8.12. The number of rotatable bonds is 2. The Kier molecular flexibility index (Phi) is 2.17. The summed E-state index contributed by atoms with van der Waals surface area (Å²) in [6.45, 7) is 2.00. The second-order valence-electron chi connectivity index (χ2n) is 3.45. The summed E-state index contributed by atoms with van der Waals surface area (Å²) in [4.78, 5) is 3.14. The minimum Gasteiger partial charge on any atom is -0.505 e. The molecule has 1 aromatic heterocycles. The van der Waals surface area contributed by atoms with Gasteiger partial charge in [-0.1, -0.05) is 19.1 Å². The topological polar surface area (TPSA) is 62.0 Å². The van der Waals surface area contributed by atoms with Gasteiger partial charge in [-0.25, -0.2) is 0 Å². The summed E-state index contributed by atoms with van der Waals surface area (Å²) in [5.74, 6) is 0.287. The Morgan fingerprint density at radius 2 is 2.14 bits per heavy atom. The van der Waals surface area contributed by atoms with Crippen LogP contribution in [-0.4, -0.2) is 10.1 Å². The third kappa shape index (κ3) is 1.26. The molecular formula is C11H14N2O. The number of fused-ring (bicyclic) bond motifs is 1. The number of hydrogen-bond donors (Lipinski definition) is 3. The largest absolute Gasteiger partial charge is 0.505 e. The summed E-state index contributed by atoms with van der Waals surface area (Å²) in [5.41, 5.74) is 7.53. The number of nitrogens with one attached hydrogen (secondary N) is 1. The molecule has 1 heterocycles. The van der Waals surface area contributed by atoms with E-state index in [4.69, 9.17) is 5.73 Å².